The van der Waals surface area contributed by atoms with Crippen LogP contribution in [0.3, 0.4) is 0 Å². The molecule has 0 radical (unpaired) electrons. The number of thiophene rings is 1. The zero-order valence-electron chi connectivity index (χ0n) is 10.5. The van der Waals surface area contributed by atoms with Gasteiger partial charge in [0.1, 0.15) is 0 Å². The van der Waals surface area contributed by atoms with Gasteiger partial charge in [-0.25, -0.2) is 0 Å². The molecule has 0 aliphatic heterocycles. The topological polar surface area (TPSA) is 29.3 Å². The Bertz CT molecular complexity index is 332. The van der Waals surface area contributed by atoms with E-state index < -0.39 is 0 Å². The van der Waals surface area contributed by atoms with Crippen LogP contribution in [0.5, 0.6) is 0 Å². The third-order valence-corrected chi connectivity index (χ3v) is 5.07. The van der Waals surface area contributed by atoms with Gasteiger partial charge >= 0.3 is 0 Å². The summed E-state index contributed by atoms with van der Waals surface area (Å²) in [6, 6.07) is 0.0352. The number of halogens is 1. The Hall–Kier alpha value is 0.100. The van der Waals surface area contributed by atoms with Crippen LogP contribution >= 0.6 is 27.3 Å². The molecule has 92 valence electrons. The lowest BCUT2D eigenvalue weighted by molar-refractivity contribution is 0.107. The largest absolute Gasteiger partial charge is 0.322 e. The van der Waals surface area contributed by atoms with Crippen LogP contribution in [0.2, 0.25) is 0 Å². The summed E-state index contributed by atoms with van der Waals surface area (Å²) < 4.78 is 1.13. The monoisotopic (exact) mass is 304 g/mol. The highest BCUT2D eigenvalue weighted by Crippen LogP contribution is 2.34. The van der Waals surface area contributed by atoms with Crippen molar-refractivity contribution >= 4 is 27.3 Å². The molecule has 1 unspecified atom stereocenters. The zero-order valence-corrected chi connectivity index (χ0v) is 12.9. The van der Waals surface area contributed by atoms with Gasteiger partial charge in [-0.05, 0) is 53.8 Å². The second kappa shape index (κ2) is 5.63. The molecule has 2 N–H and O–H groups in total. The first kappa shape index (κ1) is 14.2. The smallest absolute Gasteiger partial charge is 0.0496 e. The van der Waals surface area contributed by atoms with E-state index in [0.717, 1.165) is 17.6 Å². The summed E-state index contributed by atoms with van der Waals surface area (Å²) >= 11 is 5.26. The van der Waals surface area contributed by atoms with Crippen LogP contribution in [0.15, 0.2) is 15.2 Å². The lowest BCUT2D eigenvalue weighted by Crippen LogP contribution is -2.51. The number of likely N-dealkylation sites (N-methyl/N-ethyl adjacent to an activating group) is 1. The predicted molar refractivity (Wildman–Crippen MR) is 75.9 cm³/mol. The fraction of sp³-hybridized carbons (Fsp3) is 0.667. The maximum absolute atomic E-state index is 6.41. The van der Waals surface area contributed by atoms with Crippen LogP contribution in [0.1, 0.15) is 39.3 Å². The van der Waals surface area contributed by atoms with E-state index in [-0.39, 0.29) is 11.6 Å². The van der Waals surface area contributed by atoms with Crippen molar-refractivity contribution in [1.82, 2.24) is 4.90 Å². The highest BCUT2D eigenvalue weighted by molar-refractivity contribution is 9.10. The molecule has 0 amide bonds. The van der Waals surface area contributed by atoms with E-state index in [1.54, 1.807) is 11.3 Å². The van der Waals surface area contributed by atoms with Gasteiger partial charge in [0.05, 0.1) is 0 Å². The molecule has 0 saturated heterocycles. The summed E-state index contributed by atoms with van der Waals surface area (Å²) in [5.74, 6) is 0. The van der Waals surface area contributed by atoms with Gasteiger partial charge in [0.25, 0.3) is 0 Å². The second-order valence-electron chi connectivity index (χ2n) is 4.48. The van der Waals surface area contributed by atoms with Crippen LogP contribution in [0.4, 0.5) is 0 Å². The standard InChI is InChI=1S/C12H21BrN2S/c1-5-15(6-2)12(3,4)11(14)9-7-16-8-10(9)13/h7-8,11H,5-6,14H2,1-4H3. The molecule has 1 aromatic heterocycles. The van der Waals surface area contributed by atoms with Crippen molar-refractivity contribution in [3.63, 3.8) is 0 Å². The van der Waals surface area contributed by atoms with Crippen molar-refractivity contribution in [2.75, 3.05) is 13.1 Å². The average molecular weight is 305 g/mol. The Morgan fingerprint density at radius 3 is 2.31 bits per heavy atom. The molecule has 0 spiro atoms. The number of hydrogen-bond acceptors (Lipinski definition) is 3. The molecule has 0 bridgehead atoms. The quantitative estimate of drug-likeness (QED) is 0.900. The highest BCUT2D eigenvalue weighted by atomic mass is 79.9. The van der Waals surface area contributed by atoms with Crippen molar-refractivity contribution in [3.8, 4) is 0 Å². The van der Waals surface area contributed by atoms with Gasteiger partial charge in [-0.3, -0.25) is 4.90 Å². The van der Waals surface area contributed by atoms with E-state index in [1.807, 2.05) is 0 Å². The third-order valence-electron chi connectivity index (χ3n) is 3.32. The normalized spacial score (nSPS) is 14.4. The fourth-order valence-corrected chi connectivity index (χ4v) is 3.71. The molecule has 1 rings (SSSR count). The van der Waals surface area contributed by atoms with Gasteiger partial charge in [0.15, 0.2) is 0 Å². The maximum atomic E-state index is 6.41. The summed E-state index contributed by atoms with van der Waals surface area (Å²) in [5.41, 5.74) is 7.59. The fourth-order valence-electron chi connectivity index (χ4n) is 2.13. The van der Waals surface area contributed by atoms with E-state index in [1.165, 1.54) is 5.56 Å². The van der Waals surface area contributed by atoms with Gasteiger partial charge in [-0.15, -0.1) is 0 Å². The van der Waals surface area contributed by atoms with E-state index in [9.17, 15) is 0 Å². The number of hydrogen-bond donors (Lipinski definition) is 1. The molecule has 0 saturated carbocycles. The number of rotatable bonds is 5. The van der Waals surface area contributed by atoms with Gasteiger partial charge in [0.2, 0.25) is 0 Å². The molecule has 16 heavy (non-hydrogen) atoms. The molecule has 4 heteroatoms. The minimum absolute atomic E-state index is 0.0207. The minimum Gasteiger partial charge on any atom is -0.322 e. The summed E-state index contributed by atoms with van der Waals surface area (Å²) in [6.45, 7) is 10.8. The lowest BCUT2D eigenvalue weighted by atomic mass is 9.89. The van der Waals surface area contributed by atoms with Gasteiger partial charge in [-0.1, -0.05) is 13.8 Å². The molecule has 0 aliphatic rings. The Labute approximate surface area is 111 Å². The van der Waals surface area contributed by atoms with Crippen LogP contribution in [0, 0.1) is 0 Å². The first-order valence-corrected chi connectivity index (χ1v) is 7.40. The molecule has 1 aromatic rings. The predicted octanol–water partition coefficient (Wildman–Crippen LogP) is 3.63. The van der Waals surface area contributed by atoms with E-state index in [2.05, 4.69) is 59.3 Å². The number of nitrogens with zero attached hydrogens (tertiary/aromatic N) is 1. The SMILES string of the molecule is CCN(CC)C(C)(C)C(N)c1cscc1Br. The van der Waals surface area contributed by atoms with Crippen molar-refractivity contribution in [2.45, 2.75) is 39.3 Å². The van der Waals surface area contributed by atoms with Crippen LogP contribution in [-0.4, -0.2) is 23.5 Å². The van der Waals surface area contributed by atoms with Gasteiger partial charge in [0, 0.05) is 21.4 Å². The Morgan fingerprint density at radius 1 is 1.38 bits per heavy atom. The minimum atomic E-state index is -0.0207. The van der Waals surface area contributed by atoms with Crippen molar-refractivity contribution in [2.24, 2.45) is 5.73 Å². The lowest BCUT2D eigenvalue weighted by Gasteiger charge is -2.41. The maximum Gasteiger partial charge on any atom is 0.0496 e. The first-order chi connectivity index (χ1) is 7.45. The molecule has 2 nitrogen and oxygen atoms in total. The summed E-state index contributed by atoms with van der Waals surface area (Å²) in [7, 11) is 0. The van der Waals surface area contributed by atoms with Crippen LogP contribution in [-0.2, 0) is 0 Å². The molecular weight excluding hydrogens is 284 g/mol. The Balaban J connectivity index is 2.95. The molecule has 0 fully saturated rings. The number of nitrogens with two attached hydrogens (primary N) is 1. The van der Waals surface area contributed by atoms with Crippen LogP contribution < -0.4 is 5.73 Å². The van der Waals surface area contributed by atoms with Gasteiger partial charge in [-0.2, -0.15) is 11.3 Å². The molecule has 0 aromatic carbocycles. The Morgan fingerprint density at radius 2 is 1.94 bits per heavy atom. The second-order valence-corrected chi connectivity index (χ2v) is 6.08. The highest BCUT2D eigenvalue weighted by Gasteiger charge is 2.33. The average Bonchev–Trinajstić information content (AvgIpc) is 2.64. The third kappa shape index (κ3) is 2.67. The van der Waals surface area contributed by atoms with Crippen molar-refractivity contribution in [3.05, 3.63) is 20.8 Å². The van der Waals surface area contributed by atoms with Crippen molar-refractivity contribution < 1.29 is 0 Å². The van der Waals surface area contributed by atoms with Gasteiger partial charge < -0.3 is 5.73 Å². The van der Waals surface area contributed by atoms with Crippen LogP contribution in [0.25, 0.3) is 0 Å². The van der Waals surface area contributed by atoms with E-state index in [4.69, 9.17) is 5.73 Å². The van der Waals surface area contributed by atoms with E-state index in [0.29, 0.717) is 0 Å². The van der Waals surface area contributed by atoms with E-state index >= 15 is 0 Å². The zero-order chi connectivity index (χ0) is 12.3. The Kier molecular flexibility index (Phi) is 4.98. The summed E-state index contributed by atoms with van der Waals surface area (Å²) in [6.07, 6.45) is 0. The molecular formula is C12H21BrN2S. The molecule has 0 aliphatic carbocycles. The summed E-state index contributed by atoms with van der Waals surface area (Å²) in [5, 5.41) is 4.23. The molecule has 1 heterocycles. The summed E-state index contributed by atoms with van der Waals surface area (Å²) in [4.78, 5) is 2.40. The van der Waals surface area contributed by atoms with Crippen molar-refractivity contribution in [1.29, 1.82) is 0 Å². The molecule has 1 atom stereocenters. The first-order valence-electron chi connectivity index (χ1n) is 5.67.